The number of amides is 1. The number of carbonyl (C=O) groups is 2. The van der Waals surface area contributed by atoms with E-state index in [1.807, 2.05) is 24.3 Å². The maximum Gasteiger partial charge on any atom is 0.337 e. The Morgan fingerprint density at radius 2 is 1.87 bits per heavy atom. The summed E-state index contributed by atoms with van der Waals surface area (Å²) in [4.78, 5) is 23.4. The third kappa shape index (κ3) is 4.20. The first-order chi connectivity index (χ1) is 11.0. The topological polar surface area (TPSA) is 75.6 Å². The lowest BCUT2D eigenvalue weighted by molar-refractivity contribution is -0.112. The van der Waals surface area contributed by atoms with Crippen molar-refractivity contribution in [3.05, 3.63) is 65.2 Å². The van der Waals surface area contributed by atoms with Gasteiger partial charge in [0.2, 0.25) is 0 Å². The zero-order valence-electron chi connectivity index (χ0n) is 12.9. The standard InChI is InChI=1S/C18H17NO4/c1-12(10-13-6-5-7-14(11-13)23-2)17(20)19-16-9-4-3-8-15(16)18(21)22/h3-11H,1-2H3,(H,19,20)(H,21,22)/b12-10-. The molecule has 0 atom stereocenters. The van der Waals surface area contributed by atoms with Crippen LogP contribution in [0.2, 0.25) is 0 Å². The lowest BCUT2D eigenvalue weighted by atomic mass is 10.1. The fourth-order valence-corrected chi connectivity index (χ4v) is 2.05. The third-order valence-electron chi connectivity index (χ3n) is 3.24. The molecule has 0 saturated carbocycles. The fraction of sp³-hybridized carbons (Fsp3) is 0.111. The summed E-state index contributed by atoms with van der Waals surface area (Å²) >= 11 is 0. The number of aromatic carboxylic acids is 1. The first kappa shape index (κ1) is 16.3. The van der Waals surface area contributed by atoms with Gasteiger partial charge in [0.05, 0.1) is 18.4 Å². The number of benzene rings is 2. The van der Waals surface area contributed by atoms with Crippen molar-refractivity contribution >= 4 is 23.6 Å². The number of anilines is 1. The van der Waals surface area contributed by atoms with Gasteiger partial charge in [-0.3, -0.25) is 4.79 Å². The second-order valence-corrected chi connectivity index (χ2v) is 4.91. The van der Waals surface area contributed by atoms with Crippen molar-refractivity contribution in [1.29, 1.82) is 0 Å². The van der Waals surface area contributed by atoms with Gasteiger partial charge in [-0.15, -0.1) is 0 Å². The predicted molar refractivity (Wildman–Crippen MR) is 88.7 cm³/mol. The van der Waals surface area contributed by atoms with E-state index in [9.17, 15) is 9.59 Å². The lowest BCUT2D eigenvalue weighted by Gasteiger charge is -2.08. The number of para-hydroxylation sites is 1. The average molecular weight is 311 g/mol. The predicted octanol–water partition coefficient (Wildman–Crippen LogP) is 3.44. The van der Waals surface area contributed by atoms with Gasteiger partial charge in [0.25, 0.3) is 5.91 Å². The Labute approximate surface area is 134 Å². The van der Waals surface area contributed by atoms with Gasteiger partial charge in [-0.05, 0) is 42.8 Å². The van der Waals surface area contributed by atoms with Crippen molar-refractivity contribution in [2.75, 3.05) is 12.4 Å². The van der Waals surface area contributed by atoms with Crippen LogP contribution in [0, 0.1) is 0 Å². The van der Waals surface area contributed by atoms with E-state index >= 15 is 0 Å². The SMILES string of the molecule is COc1cccc(/C=C(/C)C(=O)Nc2ccccc2C(=O)O)c1. The van der Waals surface area contributed by atoms with E-state index in [1.54, 1.807) is 38.3 Å². The summed E-state index contributed by atoms with van der Waals surface area (Å²) in [5.74, 6) is -0.750. The number of hydrogen-bond donors (Lipinski definition) is 2. The lowest BCUT2D eigenvalue weighted by Crippen LogP contribution is -2.15. The molecule has 0 heterocycles. The molecular weight excluding hydrogens is 294 g/mol. The van der Waals surface area contributed by atoms with E-state index in [0.29, 0.717) is 11.3 Å². The number of carboxylic acid groups (broad SMARTS) is 1. The van der Waals surface area contributed by atoms with Crippen LogP contribution in [-0.2, 0) is 4.79 Å². The van der Waals surface area contributed by atoms with Crippen LogP contribution in [0.3, 0.4) is 0 Å². The van der Waals surface area contributed by atoms with Gasteiger partial charge in [0.1, 0.15) is 5.75 Å². The molecule has 5 nitrogen and oxygen atoms in total. The van der Waals surface area contributed by atoms with Crippen LogP contribution in [0.4, 0.5) is 5.69 Å². The molecular formula is C18H17NO4. The van der Waals surface area contributed by atoms with Crippen molar-refractivity contribution in [3.63, 3.8) is 0 Å². The number of hydrogen-bond acceptors (Lipinski definition) is 3. The van der Waals surface area contributed by atoms with Crippen molar-refractivity contribution in [2.24, 2.45) is 0 Å². The van der Waals surface area contributed by atoms with E-state index in [1.165, 1.54) is 6.07 Å². The highest BCUT2D eigenvalue weighted by molar-refractivity contribution is 6.09. The molecule has 0 spiro atoms. The molecule has 2 aromatic rings. The average Bonchev–Trinajstić information content (AvgIpc) is 2.55. The van der Waals surface area contributed by atoms with E-state index in [0.717, 1.165) is 5.56 Å². The van der Waals surface area contributed by atoms with Crippen molar-refractivity contribution in [1.82, 2.24) is 0 Å². The number of rotatable bonds is 5. The molecule has 0 aromatic heterocycles. The molecule has 0 unspecified atom stereocenters. The Bertz CT molecular complexity index is 765. The van der Waals surface area contributed by atoms with Crippen LogP contribution in [0.1, 0.15) is 22.8 Å². The minimum absolute atomic E-state index is 0.0510. The minimum Gasteiger partial charge on any atom is -0.497 e. The first-order valence-electron chi connectivity index (χ1n) is 6.97. The van der Waals surface area contributed by atoms with E-state index in [2.05, 4.69) is 5.32 Å². The summed E-state index contributed by atoms with van der Waals surface area (Å²) < 4.78 is 5.14. The van der Waals surface area contributed by atoms with Crippen LogP contribution < -0.4 is 10.1 Å². The second-order valence-electron chi connectivity index (χ2n) is 4.91. The Morgan fingerprint density at radius 3 is 2.57 bits per heavy atom. The maximum atomic E-state index is 12.2. The van der Waals surface area contributed by atoms with Gasteiger partial charge in [0, 0.05) is 5.57 Å². The molecule has 1 amide bonds. The van der Waals surface area contributed by atoms with Gasteiger partial charge < -0.3 is 15.2 Å². The Balaban J connectivity index is 2.20. The van der Waals surface area contributed by atoms with Crippen molar-refractivity contribution in [2.45, 2.75) is 6.92 Å². The quantitative estimate of drug-likeness (QED) is 0.829. The molecule has 0 bridgehead atoms. The second kappa shape index (κ2) is 7.26. The van der Waals surface area contributed by atoms with Gasteiger partial charge in [0.15, 0.2) is 0 Å². The van der Waals surface area contributed by atoms with E-state index in [-0.39, 0.29) is 17.2 Å². The fourth-order valence-electron chi connectivity index (χ4n) is 2.05. The first-order valence-corrected chi connectivity index (χ1v) is 6.97. The van der Waals surface area contributed by atoms with Crippen LogP contribution in [0.5, 0.6) is 5.75 Å². The normalized spacial score (nSPS) is 11.0. The molecule has 0 aliphatic carbocycles. The molecule has 2 N–H and O–H groups in total. The molecule has 0 radical (unpaired) electrons. The summed E-state index contributed by atoms with van der Waals surface area (Å²) in [6.07, 6.45) is 1.71. The van der Waals surface area contributed by atoms with Gasteiger partial charge >= 0.3 is 5.97 Å². The smallest absolute Gasteiger partial charge is 0.337 e. The molecule has 0 saturated heterocycles. The van der Waals surface area contributed by atoms with Gasteiger partial charge in [-0.1, -0.05) is 24.3 Å². The highest BCUT2D eigenvalue weighted by Crippen LogP contribution is 2.18. The van der Waals surface area contributed by atoms with Crippen LogP contribution in [0.25, 0.3) is 6.08 Å². The monoisotopic (exact) mass is 311 g/mol. The molecule has 23 heavy (non-hydrogen) atoms. The molecule has 2 aromatic carbocycles. The minimum atomic E-state index is -1.09. The van der Waals surface area contributed by atoms with Crippen LogP contribution in [0.15, 0.2) is 54.1 Å². The van der Waals surface area contributed by atoms with Crippen molar-refractivity contribution < 1.29 is 19.4 Å². The number of carboxylic acids is 1. The van der Waals surface area contributed by atoms with Gasteiger partial charge in [-0.2, -0.15) is 0 Å². The molecule has 0 aliphatic heterocycles. The molecule has 118 valence electrons. The number of methoxy groups -OCH3 is 1. The van der Waals surface area contributed by atoms with E-state index in [4.69, 9.17) is 9.84 Å². The molecule has 2 rings (SSSR count). The highest BCUT2D eigenvalue weighted by Gasteiger charge is 2.12. The van der Waals surface area contributed by atoms with E-state index < -0.39 is 5.97 Å². The number of carbonyl (C=O) groups excluding carboxylic acids is 1. The summed E-state index contributed by atoms with van der Waals surface area (Å²) in [6, 6.07) is 13.6. The van der Waals surface area contributed by atoms with Crippen LogP contribution >= 0.6 is 0 Å². The maximum absolute atomic E-state index is 12.2. The summed E-state index contributed by atoms with van der Waals surface area (Å²) in [5, 5.41) is 11.8. The Hall–Kier alpha value is -3.08. The Morgan fingerprint density at radius 1 is 1.13 bits per heavy atom. The number of ether oxygens (including phenoxy) is 1. The van der Waals surface area contributed by atoms with Crippen LogP contribution in [-0.4, -0.2) is 24.1 Å². The zero-order chi connectivity index (χ0) is 16.8. The molecule has 0 fully saturated rings. The summed E-state index contributed by atoms with van der Waals surface area (Å²) in [5.41, 5.74) is 1.60. The number of nitrogens with one attached hydrogen (secondary N) is 1. The highest BCUT2D eigenvalue weighted by atomic mass is 16.5. The Kier molecular flexibility index (Phi) is 5.15. The van der Waals surface area contributed by atoms with Gasteiger partial charge in [-0.25, -0.2) is 4.79 Å². The third-order valence-corrected chi connectivity index (χ3v) is 3.24. The summed E-state index contributed by atoms with van der Waals surface area (Å²) in [6.45, 7) is 1.66. The summed E-state index contributed by atoms with van der Waals surface area (Å²) in [7, 11) is 1.57. The largest absolute Gasteiger partial charge is 0.497 e. The molecule has 0 aliphatic rings. The zero-order valence-corrected chi connectivity index (χ0v) is 12.9. The van der Waals surface area contributed by atoms with Crippen molar-refractivity contribution in [3.8, 4) is 5.75 Å². The molecule has 5 heteroatoms.